The lowest BCUT2D eigenvalue weighted by Crippen LogP contribution is -2.24. The molecule has 0 heterocycles. The van der Waals surface area contributed by atoms with Crippen molar-refractivity contribution in [3.05, 3.63) is 68.7 Å². The highest BCUT2D eigenvalue weighted by Gasteiger charge is 2.20. The Morgan fingerprint density at radius 1 is 1.00 bits per heavy atom. The molecular weight excluding hydrogens is 336 g/mol. The predicted octanol–water partition coefficient (Wildman–Crippen LogP) is 5.04. The fourth-order valence-electron chi connectivity index (χ4n) is 2.40. The van der Waals surface area contributed by atoms with Gasteiger partial charge in [0.05, 0.1) is 6.04 Å². The van der Waals surface area contributed by atoms with Gasteiger partial charge in [-0.25, -0.2) is 8.78 Å². The predicted molar refractivity (Wildman–Crippen MR) is 85.5 cm³/mol. The fraction of sp³-hybridized carbons (Fsp3) is 0.294. The highest BCUT2D eigenvalue weighted by atomic mass is 79.9. The van der Waals surface area contributed by atoms with E-state index in [4.69, 9.17) is 0 Å². The molecule has 0 aliphatic rings. The summed E-state index contributed by atoms with van der Waals surface area (Å²) in [7, 11) is 0. The first-order valence-electron chi connectivity index (χ1n) is 6.89. The molecule has 0 fully saturated rings. The largest absolute Gasteiger partial charge is 0.306 e. The lowest BCUT2D eigenvalue weighted by Gasteiger charge is -2.22. The van der Waals surface area contributed by atoms with Crippen molar-refractivity contribution in [3.63, 3.8) is 0 Å². The van der Waals surface area contributed by atoms with Crippen molar-refractivity contribution in [2.75, 3.05) is 6.54 Å². The van der Waals surface area contributed by atoms with Gasteiger partial charge in [0.15, 0.2) is 0 Å². The van der Waals surface area contributed by atoms with Crippen LogP contribution < -0.4 is 5.32 Å². The van der Waals surface area contributed by atoms with Crippen LogP contribution in [0.2, 0.25) is 0 Å². The molecule has 0 aliphatic heterocycles. The summed E-state index contributed by atoms with van der Waals surface area (Å²) in [4.78, 5) is 0. The minimum Gasteiger partial charge on any atom is -0.306 e. The summed E-state index contributed by atoms with van der Waals surface area (Å²) < 4.78 is 29.1. The molecular formula is C17H18BrF2N. The molecule has 0 bridgehead atoms. The van der Waals surface area contributed by atoms with Gasteiger partial charge < -0.3 is 5.32 Å². The first-order chi connectivity index (χ1) is 9.93. The summed E-state index contributed by atoms with van der Waals surface area (Å²) in [6.07, 6.45) is 0. The Morgan fingerprint density at radius 2 is 1.71 bits per heavy atom. The van der Waals surface area contributed by atoms with E-state index in [1.807, 2.05) is 32.0 Å². The summed E-state index contributed by atoms with van der Waals surface area (Å²) >= 11 is 3.44. The van der Waals surface area contributed by atoms with Gasteiger partial charge in [0.1, 0.15) is 11.6 Å². The van der Waals surface area contributed by atoms with E-state index in [0.717, 1.165) is 15.6 Å². The van der Waals surface area contributed by atoms with E-state index in [9.17, 15) is 8.78 Å². The van der Waals surface area contributed by atoms with E-state index in [1.165, 1.54) is 12.1 Å². The standard InChI is InChI=1S/C17H18BrF2N/c1-4-21-17(13-8-12(18)6-5-10(13)2)14-9-15(19)11(3)7-16(14)20/h5-9,17,21H,4H2,1-3H3. The van der Waals surface area contributed by atoms with Gasteiger partial charge in [-0.1, -0.05) is 28.9 Å². The summed E-state index contributed by atoms with van der Waals surface area (Å²) in [6, 6.07) is 8.02. The van der Waals surface area contributed by atoms with Crippen LogP contribution in [0.3, 0.4) is 0 Å². The minimum atomic E-state index is -0.390. The summed E-state index contributed by atoms with van der Waals surface area (Å²) in [5.74, 6) is -0.777. The first kappa shape index (κ1) is 16.1. The molecule has 1 N–H and O–H groups in total. The molecule has 2 aromatic carbocycles. The Bertz CT molecular complexity index is 655. The molecule has 1 unspecified atom stereocenters. The Labute approximate surface area is 132 Å². The summed E-state index contributed by atoms with van der Waals surface area (Å²) in [5.41, 5.74) is 2.62. The Balaban J connectivity index is 2.58. The Kier molecular flexibility index (Phi) is 5.12. The molecule has 21 heavy (non-hydrogen) atoms. The lowest BCUT2D eigenvalue weighted by molar-refractivity contribution is 0.540. The van der Waals surface area contributed by atoms with E-state index in [1.54, 1.807) is 6.92 Å². The summed E-state index contributed by atoms with van der Waals surface area (Å²) in [5, 5.41) is 3.24. The van der Waals surface area contributed by atoms with Crippen LogP contribution in [0.5, 0.6) is 0 Å². The minimum absolute atomic E-state index is 0.317. The third-order valence-electron chi connectivity index (χ3n) is 3.55. The second-order valence-electron chi connectivity index (χ2n) is 5.11. The van der Waals surface area contributed by atoms with Crippen molar-refractivity contribution in [3.8, 4) is 0 Å². The van der Waals surface area contributed by atoms with Crippen LogP contribution >= 0.6 is 15.9 Å². The van der Waals surface area contributed by atoms with Gasteiger partial charge in [-0.3, -0.25) is 0 Å². The zero-order chi connectivity index (χ0) is 15.6. The van der Waals surface area contributed by atoms with Crippen molar-refractivity contribution < 1.29 is 8.78 Å². The van der Waals surface area contributed by atoms with E-state index < -0.39 is 0 Å². The zero-order valence-electron chi connectivity index (χ0n) is 12.3. The number of halogens is 3. The van der Waals surface area contributed by atoms with Gasteiger partial charge in [-0.2, -0.15) is 0 Å². The van der Waals surface area contributed by atoms with Gasteiger partial charge in [0.2, 0.25) is 0 Å². The van der Waals surface area contributed by atoms with Crippen LogP contribution in [0.4, 0.5) is 8.78 Å². The molecule has 0 saturated carbocycles. The second-order valence-corrected chi connectivity index (χ2v) is 6.03. The maximum absolute atomic E-state index is 14.3. The summed E-state index contributed by atoms with van der Waals surface area (Å²) in [6.45, 7) is 6.14. The SMILES string of the molecule is CCNC(c1cc(Br)ccc1C)c1cc(F)c(C)cc1F. The second kappa shape index (κ2) is 6.67. The molecule has 0 aromatic heterocycles. The molecule has 4 heteroatoms. The Hall–Kier alpha value is -1.26. The smallest absolute Gasteiger partial charge is 0.128 e. The molecule has 1 nitrogen and oxygen atoms in total. The maximum Gasteiger partial charge on any atom is 0.128 e. The van der Waals surface area contributed by atoms with Crippen molar-refractivity contribution >= 4 is 15.9 Å². The maximum atomic E-state index is 14.3. The van der Waals surface area contributed by atoms with Crippen LogP contribution in [0.15, 0.2) is 34.8 Å². The Morgan fingerprint density at radius 3 is 2.38 bits per heavy atom. The van der Waals surface area contributed by atoms with Crippen LogP contribution in [-0.4, -0.2) is 6.54 Å². The van der Waals surface area contributed by atoms with Gasteiger partial charge in [0, 0.05) is 10.0 Å². The number of nitrogens with one attached hydrogen (secondary N) is 1. The van der Waals surface area contributed by atoms with E-state index in [2.05, 4.69) is 21.2 Å². The van der Waals surface area contributed by atoms with Crippen molar-refractivity contribution in [2.24, 2.45) is 0 Å². The fourth-order valence-corrected chi connectivity index (χ4v) is 2.78. The van der Waals surface area contributed by atoms with Gasteiger partial charge in [-0.15, -0.1) is 0 Å². The van der Waals surface area contributed by atoms with Gasteiger partial charge in [-0.05, 0) is 61.3 Å². The molecule has 0 amide bonds. The van der Waals surface area contributed by atoms with Gasteiger partial charge >= 0.3 is 0 Å². The normalized spacial score (nSPS) is 12.5. The third-order valence-corrected chi connectivity index (χ3v) is 4.04. The van der Waals surface area contributed by atoms with E-state index in [-0.39, 0.29) is 17.7 Å². The van der Waals surface area contributed by atoms with Crippen LogP contribution in [0, 0.1) is 25.5 Å². The zero-order valence-corrected chi connectivity index (χ0v) is 13.9. The lowest BCUT2D eigenvalue weighted by atomic mass is 9.93. The number of hydrogen-bond acceptors (Lipinski definition) is 1. The molecule has 0 aliphatic carbocycles. The van der Waals surface area contributed by atoms with Gasteiger partial charge in [0.25, 0.3) is 0 Å². The molecule has 0 saturated heterocycles. The quantitative estimate of drug-likeness (QED) is 0.811. The number of aryl methyl sites for hydroxylation is 2. The highest BCUT2D eigenvalue weighted by molar-refractivity contribution is 9.10. The average molecular weight is 354 g/mol. The first-order valence-corrected chi connectivity index (χ1v) is 7.68. The molecule has 0 radical (unpaired) electrons. The van der Waals surface area contributed by atoms with E-state index in [0.29, 0.717) is 17.7 Å². The van der Waals surface area contributed by atoms with Crippen LogP contribution in [-0.2, 0) is 0 Å². The van der Waals surface area contributed by atoms with E-state index >= 15 is 0 Å². The van der Waals surface area contributed by atoms with Crippen LogP contribution in [0.1, 0.15) is 35.2 Å². The highest BCUT2D eigenvalue weighted by Crippen LogP contribution is 2.30. The molecule has 1 atom stereocenters. The molecule has 2 rings (SSSR count). The third kappa shape index (κ3) is 3.50. The number of benzene rings is 2. The van der Waals surface area contributed by atoms with Crippen molar-refractivity contribution in [1.29, 1.82) is 0 Å². The number of rotatable bonds is 4. The molecule has 0 spiro atoms. The molecule has 2 aromatic rings. The van der Waals surface area contributed by atoms with Crippen molar-refractivity contribution in [1.82, 2.24) is 5.32 Å². The van der Waals surface area contributed by atoms with Crippen molar-refractivity contribution in [2.45, 2.75) is 26.8 Å². The van der Waals surface area contributed by atoms with Crippen LogP contribution in [0.25, 0.3) is 0 Å². The monoisotopic (exact) mass is 353 g/mol. The number of hydrogen-bond donors (Lipinski definition) is 1. The molecule has 112 valence electrons. The average Bonchev–Trinajstić information content (AvgIpc) is 2.43. The topological polar surface area (TPSA) is 12.0 Å².